The maximum atomic E-state index is 13.2. The van der Waals surface area contributed by atoms with Gasteiger partial charge >= 0.3 is 6.03 Å². The summed E-state index contributed by atoms with van der Waals surface area (Å²) in [6.07, 6.45) is 1.42. The lowest BCUT2D eigenvalue weighted by molar-refractivity contribution is -0.122. The second-order valence-corrected chi connectivity index (χ2v) is 10.6. The maximum Gasteiger partial charge on any atom is 0.335 e. The number of imide groups is 2. The molecule has 4 rings (SSSR count). The molecule has 1 heterocycles. The van der Waals surface area contributed by atoms with E-state index in [0.717, 1.165) is 21.6 Å². The van der Waals surface area contributed by atoms with Gasteiger partial charge in [-0.05, 0) is 105 Å². The minimum atomic E-state index is -0.794. The molecule has 3 aromatic carbocycles. The predicted octanol–water partition coefficient (Wildman–Crippen LogP) is 7.38. The fraction of sp³-hybridized carbons (Fsp3) is 0.115. The van der Waals surface area contributed by atoms with E-state index in [2.05, 4.69) is 37.2 Å². The third-order valence-electron chi connectivity index (χ3n) is 5.57. The second kappa shape index (κ2) is 10.8. The molecule has 1 aliphatic rings. The molecule has 6 nitrogen and oxygen atoms in total. The fourth-order valence-corrected chi connectivity index (χ4v) is 5.43. The summed E-state index contributed by atoms with van der Waals surface area (Å²) >= 11 is 19.1. The predicted molar refractivity (Wildman–Crippen MR) is 148 cm³/mol. The molecule has 10 heteroatoms. The highest BCUT2D eigenvalue weighted by Crippen LogP contribution is 2.37. The van der Waals surface area contributed by atoms with Crippen molar-refractivity contribution in [3.63, 3.8) is 0 Å². The van der Waals surface area contributed by atoms with Crippen molar-refractivity contribution in [1.29, 1.82) is 0 Å². The smallest absolute Gasteiger partial charge is 0.335 e. The molecule has 0 aliphatic carbocycles. The quantitative estimate of drug-likeness (QED) is 0.231. The van der Waals surface area contributed by atoms with Crippen LogP contribution in [0.3, 0.4) is 0 Å². The minimum Gasteiger partial charge on any atom is -0.486 e. The number of hydrogen-bond acceptors (Lipinski definition) is 4. The third-order valence-corrected chi connectivity index (χ3v) is 7.33. The first-order valence-electron chi connectivity index (χ1n) is 10.6. The standard InChI is InChI=1S/C26H18Br2Cl2N2O4/c1-13-3-6-18(7-14(13)2)32-25(34)19(24(33)31-26(32)35)8-15-9-20(27)23(21(28)10-15)36-12-16-4-5-17(29)11-22(16)30/h3-11H,12H2,1-2H3,(H,31,33,35)/b19-8+. The largest absolute Gasteiger partial charge is 0.486 e. The van der Waals surface area contributed by atoms with Crippen molar-refractivity contribution < 1.29 is 19.1 Å². The molecule has 0 radical (unpaired) electrons. The normalized spacial score (nSPS) is 14.9. The Morgan fingerprint density at radius 1 is 0.944 bits per heavy atom. The van der Waals surface area contributed by atoms with E-state index in [1.54, 1.807) is 42.5 Å². The lowest BCUT2D eigenvalue weighted by Crippen LogP contribution is -2.54. The molecule has 1 N–H and O–H groups in total. The summed E-state index contributed by atoms with van der Waals surface area (Å²) in [7, 11) is 0. The Labute approximate surface area is 234 Å². The first-order chi connectivity index (χ1) is 17.0. The van der Waals surface area contributed by atoms with Crippen LogP contribution in [-0.2, 0) is 16.2 Å². The van der Waals surface area contributed by atoms with E-state index < -0.39 is 17.8 Å². The van der Waals surface area contributed by atoms with E-state index in [0.29, 0.717) is 36.0 Å². The van der Waals surface area contributed by atoms with Gasteiger partial charge in [-0.15, -0.1) is 0 Å². The Hall–Kier alpha value is -2.65. The van der Waals surface area contributed by atoms with Gasteiger partial charge in [0.05, 0.1) is 14.6 Å². The number of amides is 4. The van der Waals surface area contributed by atoms with Crippen LogP contribution in [-0.4, -0.2) is 17.8 Å². The molecule has 0 unspecified atom stereocenters. The number of rotatable bonds is 5. The fourth-order valence-electron chi connectivity index (χ4n) is 3.51. The molecule has 0 bridgehead atoms. The van der Waals surface area contributed by atoms with Crippen LogP contribution in [0.4, 0.5) is 10.5 Å². The van der Waals surface area contributed by atoms with Crippen molar-refractivity contribution in [2.75, 3.05) is 4.90 Å². The number of carbonyl (C=O) groups excluding carboxylic acids is 3. The minimum absolute atomic E-state index is 0.173. The summed E-state index contributed by atoms with van der Waals surface area (Å²) in [6, 6.07) is 13.0. The molecule has 36 heavy (non-hydrogen) atoms. The third kappa shape index (κ3) is 5.52. The molecular weight excluding hydrogens is 635 g/mol. The van der Waals surface area contributed by atoms with Crippen LogP contribution >= 0.6 is 55.1 Å². The van der Waals surface area contributed by atoms with Crippen molar-refractivity contribution in [2.24, 2.45) is 0 Å². The lowest BCUT2D eigenvalue weighted by Gasteiger charge is -2.27. The van der Waals surface area contributed by atoms with E-state index in [-0.39, 0.29) is 12.2 Å². The van der Waals surface area contributed by atoms with Gasteiger partial charge in [0.1, 0.15) is 17.9 Å². The van der Waals surface area contributed by atoms with Gasteiger partial charge in [0.2, 0.25) is 0 Å². The topological polar surface area (TPSA) is 75.7 Å². The van der Waals surface area contributed by atoms with Crippen LogP contribution in [0.25, 0.3) is 6.08 Å². The van der Waals surface area contributed by atoms with Crippen LogP contribution in [0.5, 0.6) is 5.75 Å². The number of halogens is 4. The van der Waals surface area contributed by atoms with Gasteiger partial charge in [-0.2, -0.15) is 0 Å². The molecule has 1 aliphatic heterocycles. The number of carbonyl (C=O) groups is 3. The van der Waals surface area contributed by atoms with E-state index in [4.69, 9.17) is 27.9 Å². The molecule has 0 atom stereocenters. The number of anilines is 1. The lowest BCUT2D eigenvalue weighted by atomic mass is 10.0. The highest BCUT2D eigenvalue weighted by Gasteiger charge is 2.37. The number of ether oxygens (including phenoxy) is 1. The van der Waals surface area contributed by atoms with Gasteiger partial charge in [-0.3, -0.25) is 14.9 Å². The average Bonchev–Trinajstić information content (AvgIpc) is 2.79. The molecule has 3 aromatic rings. The van der Waals surface area contributed by atoms with Crippen molar-refractivity contribution >= 4 is 84.7 Å². The number of aryl methyl sites for hydroxylation is 2. The van der Waals surface area contributed by atoms with Gasteiger partial charge in [0.15, 0.2) is 0 Å². The number of hydrogen-bond donors (Lipinski definition) is 1. The van der Waals surface area contributed by atoms with E-state index in [9.17, 15) is 14.4 Å². The summed E-state index contributed by atoms with van der Waals surface area (Å²) in [6.45, 7) is 4.01. The van der Waals surface area contributed by atoms with Gasteiger partial charge in [-0.25, -0.2) is 9.69 Å². The zero-order chi connectivity index (χ0) is 26.1. The van der Waals surface area contributed by atoms with E-state index >= 15 is 0 Å². The molecule has 4 amide bonds. The molecule has 184 valence electrons. The zero-order valence-corrected chi connectivity index (χ0v) is 23.7. The molecule has 1 fully saturated rings. The zero-order valence-electron chi connectivity index (χ0n) is 19.0. The van der Waals surface area contributed by atoms with Crippen LogP contribution in [0.15, 0.2) is 63.0 Å². The number of urea groups is 1. The second-order valence-electron chi connectivity index (χ2n) is 8.06. The van der Waals surface area contributed by atoms with Crippen molar-refractivity contribution in [3.05, 3.63) is 95.3 Å². The molecule has 0 spiro atoms. The summed E-state index contributed by atoms with van der Waals surface area (Å²) in [5, 5.41) is 3.26. The van der Waals surface area contributed by atoms with Crippen molar-refractivity contribution in [3.8, 4) is 5.75 Å². The van der Waals surface area contributed by atoms with E-state index in [1.165, 1.54) is 6.08 Å². The van der Waals surface area contributed by atoms with Crippen molar-refractivity contribution in [1.82, 2.24) is 5.32 Å². The Balaban J connectivity index is 1.61. The number of nitrogens with one attached hydrogen (secondary N) is 1. The van der Waals surface area contributed by atoms with E-state index in [1.807, 2.05) is 19.9 Å². The van der Waals surface area contributed by atoms with Crippen LogP contribution in [0.2, 0.25) is 10.0 Å². The summed E-state index contributed by atoms with van der Waals surface area (Å²) in [5.41, 5.74) is 3.44. The van der Waals surface area contributed by atoms with Crippen LogP contribution in [0.1, 0.15) is 22.3 Å². The Morgan fingerprint density at radius 2 is 1.64 bits per heavy atom. The maximum absolute atomic E-state index is 13.2. The molecule has 0 aromatic heterocycles. The highest BCUT2D eigenvalue weighted by atomic mass is 79.9. The van der Waals surface area contributed by atoms with Crippen molar-refractivity contribution in [2.45, 2.75) is 20.5 Å². The molecule has 1 saturated heterocycles. The van der Waals surface area contributed by atoms with Crippen LogP contribution < -0.4 is 15.0 Å². The number of nitrogens with zero attached hydrogens (tertiary/aromatic N) is 1. The SMILES string of the molecule is Cc1ccc(N2C(=O)NC(=O)/C(=C\c3cc(Br)c(OCc4ccc(Cl)cc4Cl)c(Br)c3)C2=O)cc1C. The Bertz CT molecular complexity index is 1430. The van der Waals surface area contributed by atoms with Gasteiger partial charge < -0.3 is 4.74 Å². The van der Waals surface area contributed by atoms with Crippen LogP contribution in [0, 0.1) is 13.8 Å². The molecule has 0 saturated carbocycles. The van der Waals surface area contributed by atoms with Gasteiger partial charge in [0.25, 0.3) is 11.8 Å². The average molecular weight is 653 g/mol. The van der Waals surface area contributed by atoms with Gasteiger partial charge in [0, 0.05) is 15.6 Å². The Kier molecular flexibility index (Phi) is 7.90. The molecular formula is C26H18Br2Cl2N2O4. The number of benzene rings is 3. The summed E-state index contributed by atoms with van der Waals surface area (Å²) in [5.74, 6) is -0.971. The Morgan fingerprint density at radius 3 is 2.28 bits per heavy atom. The monoisotopic (exact) mass is 650 g/mol. The summed E-state index contributed by atoms with van der Waals surface area (Å²) in [4.78, 5) is 39.2. The highest BCUT2D eigenvalue weighted by molar-refractivity contribution is 9.11. The first-order valence-corrected chi connectivity index (χ1v) is 12.9. The van der Waals surface area contributed by atoms with Gasteiger partial charge in [-0.1, -0.05) is 35.3 Å². The summed E-state index contributed by atoms with van der Waals surface area (Å²) < 4.78 is 7.10. The number of barbiturate groups is 1. The first kappa shape index (κ1) is 26.4.